The van der Waals surface area contributed by atoms with Gasteiger partial charge in [-0.2, -0.15) is 0 Å². The number of nitrogens with zero attached hydrogens (tertiary/aromatic N) is 2. The van der Waals surface area contributed by atoms with Gasteiger partial charge in [0.05, 0.1) is 4.90 Å². The van der Waals surface area contributed by atoms with Crippen molar-refractivity contribution < 1.29 is 8.42 Å². The molecule has 6 heteroatoms. The summed E-state index contributed by atoms with van der Waals surface area (Å²) in [6.45, 7) is 4.82. The summed E-state index contributed by atoms with van der Waals surface area (Å²) in [5, 5.41) is 5.13. The first-order valence-corrected chi connectivity index (χ1v) is 9.21. The van der Waals surface area contributed by atoms with Crippen molar-refractivity contribution in [3.63, 3.8) is 0 Å². The van der Waals surface area contributed by atoms with Crippen LogP contribution in [0.2, 0.25) is 0 Å². The zero-order valence-corrected chi connectivity index (χ0v) is 13.7. The number of piperazine rings is 1. The molecule has 1 heterocycles. The van der Waals surface area contributed by atoms with Gasteiger partial charge in [0, 0.05) is 38.4 Å². The van der Waals surface area contributed by atoms with E-state index in [-0.39, 0.29) is 4.90 Å². The van der Waals surface area contributed by atoms with Crippen molar-refractivity contribution in [1.82, 2.24) is 4.90 Å². The van der Waals surface area contributed by atoms with Gasteiger partial charge in [-0.05, 0) is 29.8 Å². The zero-order valence-electron chi connectivity index (χ0n) is 12.9. The maximum Gasteiger partial charge on any atom is 0.238 e. The van der Waals surface area contributed by atoms with Crippen molar-refractivity contribution in [3.8, 4) is 0 Å². The van der Waals surface area contributed by atoms with Gasteiger partial charge < -0.3 is 4.90 Å². The fourth-order valence-electron chi connectivity index (χ4n) is 2.85. The van der Waals surface area contributed by atoms with E-state index in [4.69, 9.17) is 5.14 Å². The van der Waals surface area contributed by atoms with Crippen LogP contribution in [-0.2, 0) is 16.6 Å². The first kappa shape index (κ1) is 16.0. The van der Waals surface area contributed by atoms with Gasteiger partial charge >= 0.3 is 0 Å². The predicted molar refractivity (Wildman–Crippen MR) is 91.7 cm³/mol. The molecule has 23 heavy (non-hydrogen) atoms. The molecule has 1 aliphatic heterocycles. The summed E-state index contributed by atoms with van der Waals surface area (Å²) in [6, 6.07) is 17.3. The molecule has 5 nitrogen and oxygen atoms in total. The van der Waals surface area contributed by atoms with Crippen LogP contribution < -0.4 is 10.0 Å². The highest BCUT2D eigenvalue weighted by Gasteiger charge is 2.17. The lowest BCUT2D eigenvalue weighted by molar-refractivity contribution is 0.250. The van der Waals surface area contributed by atoms with Crippen LogP contribution in [0.4, 0.5) is 5.69 Å². The Hall–Kier alpha value is -1.89. The summed E-state index contributed by atoms with van der Waals surface area (Å²) in [5.41, 5.74) is 2.37. The second-order valence-electron chi connectivity index (χ2n) is 5.79. The second-order valence-corrected chi connectivity index (χ2v) is 7.35. The zero-order chi connectivity index (χ0) is 16.3. The van der Waals surface area contributed by atoms with E-state index >= 15 is 0 Å². The van der Waals surface area contributed by atoms with Crippen molar-refractivity contribution in [2.24, 2.45) is 5.14 Å². The number of anilines is 1. The van der Waals surface area contributed by atoms with E-state index in [9.17, 15) is 8.42 Å². The number of primary sulfonamides is 1. The molecule has 0 amide bonds. The van der Waals surface area contributed by atoms with Crippen LogP contribution in [0.15, 0.2) is 59.5 Å². The third-order valence-corrected chi connectivity index (χ3v) is 5.08. The molecule has 1 fully saturated rings. The third kappa shape index (κ3) is 4.10. The van der Waals surface area contributed by atoms with Gasteiger partial charge in [-0.3, -0.25) is 4.90 Å². The molecule has 1 aliphatic rings. The van der Waals surface area contributed by atoms with Crippen LogP contribution in [0.5, 0.6) is 0 Å². The summed E-state index contributed by atoms with van der Waals surface area (Å²) < 4.78 is 22.6. The minimum absolute atomic E-state index is 0.156. The predicted octanol–water partition coefficient (Wildman–Crippen LogP) is 1.66. The lowest BCUT2D eigenvalue weighted by Crippen LogP contribution is -2.45. The topological polar surface area (TPSA) is 66.6 Å². The molecule has 0 bridgehead atoms. The largest absolute Gasteiger partial charge is 0.369 e. The summed E-state index contributed by atoms with van der Waals surface area (Å²) >= 11 is 0. The monoisotopic (exact) mass is 331 g/mol. The van der Waals surface area contributed by atoms with Crippen LogP contribution in [0, 0.1) is 0 Å². The van der Waals surface area contributed by atoms with Gasteiger partial charge in [-0.25, -0.2) is 13.6 Å². The third-order valence-electron chi connectivity index (χ3n) is 4.15. The molecule has 2 N–H and O–H groups in total. The van der Waals surface area contributed by atoms with Crippen molar-refractivity contribution in [1.29, 1.82) is 0 Å². The molecule has 1 saturated heterocycles. The first-order valence-electron chi connectivity index (χ1n) is 7.66. The number of nitrogens with two attached hydrogens (primary N) is 1. The Balaban J connectivity index is 1.58. The van der Waals surface area contributed by atoms with E-state index in [0.29, 0.717) is 0 Å². The molecular formula is C17H21N3O2S. The quantitative estimate of drug-likeness (QED) is 0.925. The maximum absolute atomic E-state index is 11.3. The van der Waals surface area contributed by atoms with Crippen molar-refractivity contribution in [2.45, 2.75) is 11.4 Å². The van der Waals surface area contributed by atoms with Gasteiger partial charge in [-0.1, -0.05) is 30.3 Å². The molecule has 0 unspecified atom stereocenters. The highest BCUT2D eigenvalue weighted by molar-refractivity contribution is 7.89. The maximum atomic E-state index is 11.3. The minimum atomic E-state index is -3.62. The average Bonchev–Trinajstić information content (AvgIpc) is 2.56. The lowest BCUT2D eigenvalue weighted by Gasteiger charge is -2.36. The normalized spacial score (nSPS) is 16.5. The van der Waals surface area contributed by atoms with E-state index in [1.807, 2.05) is 18.2 Å². The van der Waals surface area contributed by atoms with Crippen LogP contribution in [0.25, 0.3) is 0 Å². The number of rotatable bonds is 4. The lowest BCUT2D eigenvalue weighted by atomic mass is 10.2. The Morgan fingerprint density at radius 3 is 2.04 bits per heavy atom. The van der Waals surface area contributed by atoms with Gasteiger partial charge in [0.1, 0.15) is 0 Å². The summed E-state index contributed by atoms with van der Waals surface area (Å²) in [6.07, 6.45) is 0. The van der Waals surface area contributed by atoms with Gasteiger partial charge in [0.25, 0.3) is 0 Å². The van der Waals surface area contributed by atoms with Crippen LogP contribution in [0.1, 0.15) is 5.56 Å². The van der Waals surface area contributed by atoms with Gasteiger partial charge in [0.2, 0.25) is 10.0 Å². The standard InChI is InChI=1S/C17H21N3O2S/c18-23(21,22)17-8-6-16(7-9-17)20-12-10-19(11-13-20)14-15-4-2-1-3-5-15/h1-9H,10-14H2,(H2,18,21,22). The fraction of sp³-hybridized carbons (Fsp3) is 0.294. The van der Waals surface area contributed by atoms with E-state index < -0.39 is 10.0 Å². The highest BCUT2D eigenvalue weighted by atomic mass is 32.2. The molecule has 0 saturated carbocycles. The fourth-order valence-corrected chi connectivity index (χ4v) is 3.37. The minimum Gasteiger partial charge on any atom is -0.369 e. The number of sulfonamides is 1. The first-order chi connectivity index (χ1) is 11.0. The van der Waals surface area contributed by atoms with Crippen LogP contribution in [-0.4, -0.2) is 39.5 Å². The Kier molecular flexibility index (Phi) is 4.66. The van der Waals surface area contributed by atoms with Gasteiger partial charge in [-0.15, -0.1) is 0 Å². The molecule has 122 valence electrons. The second kappa shape index (κ2) is 6.70. The van der Waals surface area contributed by atoms with E-state index in [2.05, 4.69) is 34.1 Å². The Morgan fingerprint density at radius 2 is 1.48 bits per heavy atom. The Bertz CT molecular complexity index is 737. The van der Waals surface area contributed by atoms with Crippen molar-refractivity contribution in [3.05, 3.63) is 60.2 Å². The van der Waals surface area contributed by atoms with Gasteiger partial charge in [0.15, 0.2) is 0 Å². The molecule has 2 aromatic carbocycles. The summed E-state index contributed by atoms with van der Waals surface area (Å²) in [5.74, 6) is 0. The number of benzene rings is 2. The molecular weight excluding hydrogens is 310 g/mol. The smallest absolute Gasteiger partial charge is 0.238 e. The number of hydrogen-bond donors (Lipinski definition) is 1. The molecule has 3 rings (SSSR count). The van der Waals surface area contributed by atoms with E-state index in [1.165, 1.54) is 5.56 Å². The van der Waals surface area contributed by atoms with Crippen molar-refractivity contribution in [2.75, 3.05) is 31.1 Å². The Morgan fingerprint density at radius 1 is 0.870 bits per heavy atom. The molecule has 2 aromatic rings. The van der Waals surface area contributed by atoms with Crippen LogP contribution >= 0.6 is 0 Å². The average molecular weight is 331 g/mol. The van der Waals surface area contributed by atoms with E-state index in [1.54, 1.807) is 12.1 Å². The molecule has 0 aromatic heterocycles. The number of hydrogen-bond acceptors (Lipinski definition) is 4. The molecule has 0 atom stereocenters. The summed E-state index contributed by atoms with van der Waals surface area (Å²) in [4.78, 5) is 4.86. The molecule has 0 aliphatic carbocycles. The molecule has 0 spiro atoms. The highest BCUT2D eigenvalue weighted by Crippen LogP contribution is 2.19. The SMILES string of the molecule is NS(=O)(=O)c1ccc(N2CCN(Cc3ccccc3)CC2)cc1. The molecule has 0 radical (unpaired) electrons. The summed E-state index contributed by atoms with van der Waals surface area (Å²) in [7, 11) is -3.62. The van der Waals surface area contributed by atoms with Crippen molar-refractivity contribution >= 4 is 15.7 Å². The van der Waals surface area contributed by atoms with E-state index in [0.717, 1.165) is 38.4 Å². The Labute approximate surface area is 137 Å². The van der Waals surface area contributed by atoms with Crippen LogP contribution in [0.3, 0.4) is 0 Å².